The van der Waals surface area contributed by atoms with Gasteiger partial charge in [-0.05, 0) is 43.2 Å². The predicted molar refractivity (Wildman–Crippen MR) is 81.9 cm³/mol. The molecule has 0 radical (unpaired) electrons. The number of hydrogen-bond donors (Lipinski definition) is 1. The van der Waals surface area contributed by atoms with E-state index < -0.39 is 0 Å². The molecule has 0 spiro atoms. The van der Waals surface area contributed by atoms with Gasteiger partial charge in [-0.2, -0.15) is 5.10 Å². The zero-order valence-electron chi connectivity index (χ0n) is 11.7. The van der Waals surface area contributed by atoms with E-state index in [1.54, 1.807) is 6.07 Å². The molecule has 0 fully saturated rings. The second-order valence-corrected chi connectivity index (χ2v) is 5.74. The zero-order valence-corrected chi connectivity index (χ0v) is 13.3. The van der Waals surface area contributed by atoms with Gasteiger partial charge < -0.3 is 5.32 Å². The Balaban J connectivity index is 1.89. The molecule has 0 aliphatic rings. The molecule has 1 aromatic heterocycles. The number of rotatable bonds is 6. The van der Waals surface area contributed by atoms with Crippen molar-refractivity contribution in [2.24, 2.45) is 0 Å². The molecule has 1 N–H and O–H groups in total. The van der Waals surface area contributed by atoms with Crippen molar-refractivity contribution in [1.82, 2.24) is 15.1 Å². The molecule has 0 amide bonds. The fraction of sp³-hybridized carbons (Fsp3) is 0.400. The van der Waals surface area contributed by atoms with Crippen LogP contribution in [0.15, 0.2) is 34.9 Å². The molecule has 108 valence electrons. The maximum atomic E-state index is 13.2. The molecule has 0 saturated heterocycles. The molecule has 20 heavy (non-hydrogen) atoms. The van der Waals surface area contributed by atoms with Crippen LogP contribution in [0.1, 0.15) is 37.6 Å². The lowest BCUT2D eigenvalue weighted by Crippen LogP contribution is -2.14. The standard InChI is InChI=1S/C15H19BrFN3/c1-3-11(2)20-7-6-14(19-20)10-18-9-12-8-13(17)4-5-15(12)16/h4-8,11,18H,3,9-10H2,1-2H3. The third-order valence-electron chi connectivity index (χ3n) is 3.34. The summed E-state index contributed by atoms with van der Waals surface area (Å²) < 4.78 is 16.1. The van der Waals surface area contributed by atoms with Crippen LogP contribution in [0.25, 0.3) is 0 Å². The second kappa shape index (κ2) is 6.99. The minimum absolute atomic E-state index is 0.217. The maximum Gasteiger partial charge on any atom is 0.123 e. The Kier molecular flexibility index (Phi) is 5.31. The summed E-state index contributed by atoms with van der Waals surface area (Å²) in [7, 11) is 0. The summed E-state index contributed by atoms with van der Waals surface area (Å²) in [5.41, 5.74) is 1.91. The van der Waals surface area contributed by atoms with Gasteiger partial charge in [-0.1, -0.05) is 22.9 Å². The van der Waals surface area contributed by atoms with Gasteiger partial charge in [-0.15, -0.1) is 0 Å². The Morgan fingerprint density at radius 2 is 2.15 bits per heavy atom. The fourth-order valence-corrected chi connectivity index (χ4v) is 2.30. The number of aromatic nitrogens is 2. The largest absolute Gasteiger partial charge is 0.307 e. The van der Waals surface area contributed by atoms with Gasteiger partial charge in [0.05, 0.1) is 5.69 Å². The highest BCUT2D eigenvalue weighted by Gasteiger charge is 2.05. The summed E-state index contributed by atoms with van der Waals surface area (Å²) >= 11 is 3.42. The van der Waals surface area contributed by atoms with Crippen molar-refractivity contribution >= 4 is 15.9 Å². The zero-order chi connectivity index (χ0) is 14.5. The summed E-state index contributed by atoms with van der Waals surface area (Å²) in [5.74, 6) is -0.217. The Morgan fingerprint density at radius 3 is 2.90 bits per heavy atom. The number of hydrogen-bond acceptors (Lipinski definition) is 2. The minimum atomic E-state index is -0.217. The molecule has 1 atom stereocenters. The molecular formula is C15H19BrFN3. The number of nitrogens with zero attached hydrogens (tertiary/aromatic N) is 2. The fourth-order valence-electron chi connectivity index (χ4n) is 1.91. The first kappa shape index (κ1) is 15.2. The molecule has 2 aromatic rings. The van der Waals surface area contributed by atoms with E-state index in [-0.39, 0.29) is 5.82 Å². The van der Waals surface area contributed by atoms with Gasteiger partial charge in [0.1, 0.15) is 5.82 Å². The molecule has 0 saturated carbocycles. The van der Waals surface area contributed by atoms with Crippen molar-refractivity contribution in [3.8, 4) is 0 Å². The Labute approximate surface area is 127 Å². The van der Waals surface area contributed by atoms with E-state index in [0.29, 0.717) is 19.1 Å². The van der Waals surface area contributed by atoms with Crippen molar-refractivity contribution in [1.29, 1.82) is 0 Å². The lowest BCUT2D eigenvalue weighted by Gasteiger charge is -2.08. The van der Waals surface area contributed by atoms with Crippen LogP contribution in [0, 0.1) is 5.82 Å². The van der Waals surface area contributed by atoms with Crippen molar-refractivity contribution < 1.29 is 4.39 Å². The van der Waals surface area contributed by atoms with Crippen LogP contribution in [-0.4, -0.2) is 9.78 Å². The van der Waals surface area contributed by atoms with Crippen molar-refractivity contribution in [2.75, 3.05) is 0 Å². The van der Waals surface area contributed by atoms with E-state index in [0.717, 1.165) is 22.2 Å². The van der Waals surface area contributed by atoms with Gasteiger partial charge >= 0.3 is 0 Å². The van der Waals surface area contributed by atoms with E-state index in [4.69, 9.17) is 0 Å². The molecule has 1 heterocycles. The first-order chi connectivity index (χ1) is 9.60. The molecular weight excluding hydrogens is 321 g/mol. The summed E-state index contributed by atoms with van der Waals surface area (Å²) in [6.07, 6.45) is 3.06. The Bertz CT molecular complexity index is 568. The van der Waals surface area contributed by atoms with Gasteiger partial charge in [0, 0.05) is 29.8 Å². The van der Waals surface area contributed by atoms with E-state index in [9.17, 15) is 4.39 Å². The topological polar surface area (TPSA) is 29.9 Å². The van der Waals surface area contributed by atoms with Crippen LogP contribution in [0.3, 0.4) is 0 Å². The smallest absolute Gasteiger partial charge is 0.123 e. The van der Waals surface area contributed by atoms with Gasteiger partial charge in [0.25, 0.3) is 0 Å². The second-order valence-electron chi connectivity index (χ2n) is 4.88. The van der Waals surface area contributed by atoms with Crippen LogP contribution in [-0.2, 0) is 13.1 Å². The van der Waals surface area contributed by atoms with E-state index in [1.165, 1.54) is 12.1 Å². The minimum Gasteiger partial charge on any atom is -0.307 e. The first-order valence-electron chi connectivity index (χ1n) is 6.78. The summed E-state index contributed by atoms with van der Waals surface area (Å²) in [6, 6.07) is 7.14. The molecule has 1 unspecified atom stereocenters. The van der Waals surface area contributed by atoms with E-state index in [1.807, 2.05) is 16.9 Å². The maximum absolute atomic E-state index is 13.2. The highest BCUT2D eigenvalue weighted by Crippen LogP contribution is 2.17. The molecule has 0 aliphatic heterocycles. The van der Waals surface area contributed by atoms with Gasteiger partial charge in [0.15, 0.2) is 0 Å². The Morgan fingerprint density at radius 1 is 1.35 bits per heavy atom. The lowest BCUT2D eigenvalue weighted by molar-refractivity contribution is 0.471. The first-order valence-corrected chi connectivity index (χ1v) is 7.58. The molecule has 1 aromatic carbocycles. The average Bonchev–Trinajstić information content (AvgIpc) is 2.90. The van der Waals surface area contributed by atoms with Crippen molar-refractivity contribution in [3.63, 3.8) is 0 Å². The summed E-state index contributed by atoms with van der Waals surface area (Å²) in [5, 5.41) is 7.80. The summed E-state index contributed by atoms with van der Waals surface area (Å²) in [4.78, 5) is 0. The third-order valence-corrected chi connectivity index (χ3v) is 4.11. The van der Waals surface area contributed by atoms with Crippen molar-refractivity contribution in [3.05, 3.63) is 52.0 Å². The van der Waals surface area contributed by atoms with E-state index in [2.05, 4.69) is 40.2 Å². The highest BCUT2D eigenvalue weighted by molar-refractivity contribution is 9.10. The number of nitrogens with one attached hydrogen (secondary N) is 1. The predicted octanol–water partition coefficient (Wildman–Crippen LogP) is 4.05. The van der Waals surface area contributed by atoms with Crippen LogP contribution in [0.5, 0.6) is 0 Å². The summed E-state index contributed by atoms with van der Waals surface area (Å²) in [6.45, 7) is 5.57. The number of benzene rings is 1. The van der Waals surface area contributed by atoms with Crippen molar-refractivity contribution in [2.45, 2.75) is 39.4 Å². The molecule has 0 bridgehead atoms. The molecule has 3 nitrogen and oxygen atoms in total. The van der Waals surface area contributed by atoms with Gasteiger partial charge in [-0.25, -0.2) is 4.39 Å². The molecule has 5 heteroatoms. The van der Waals surface area contributed by atoms with Crippen LogP contribution in [0.2, 0.25) is 0 Å². The van der Waals surface area contributed by atoms with E-state index >= 15 is 0 Å². The Hall–Kier alpha value is -1.20. The third kappa shape index (κ3) is 3.90. The average molecular weight is 340 g/mol. The monoisotopic (exact) mass is 339 g/mol. The quantitative estimate of drug-likeness (QED) is 0.860. The van der Waals surface area contributed by atoms with Crippen LogP contribution in [0.4, 0.5) is 4.39 Å². The SMILES string of the molecule is CCC(C)n1ccc(CNCc2cc(F)ccc2Br)n1. The lowest BCUT2D eigenvalue weighted by atomic mass is 10.2. The van der Waals surface area contributed by atoms with Gasteiger partial charge in [-0.3, -0.25) is 4.68 Å². The normalized spacial score (nSPS) is 12.6. The van der Waals surface area contributed by atoms with Crippen LogP contribution >= 0.6 is 15.9 Å². The molecule has 2 rings (SSSR count). The molecule has 0 aliphatic carbocycles. The number of halogens is 2. The van der Waals surface area contributed by atoms with Crippen LogP contribution < -0.4 is 5.32 Å². The highest BCUT2D eigenvalue weighted by atomic mass is 79.9. The van der Waals surface area contributed by atoms with Gasteiger partial charge in [0.2, 0.25) is 0 Å².